The highest BCUT2D eigenvalue weighted by molar-refractivity contribution is 8.13. The second-order valence-corrected chi connectivity index (χ2v) is 7.98. The van der Waals surface area contributed by atoms with Crippen molar-refractivity contribution in [3.63, 3.8) is 0 Å². The molecule has 0 spiro atoms. The lowest BCUT2D eigenvalue weighted by atomic mass is 10.2. The van der Waals surface area contributed by atoms with E-state index >= 15 is 0 Å². The van der Waals surface area contributed by atoms with Gasteiger partial charge in [-0.1, -0.05) is 24.4 Å². The largest absolute Gasteiger partial charge is 0.352 e. The maximum Gasteiger partial charge on any atom is 0.264 e. The van der Waals surface area contributed by atoms with Crippen LogP contribution in [0.25, 0.3) is 0 Å². The summed E-state index contributed by atoms with van der Waals surface area (Å²) >= 11 is 5.78. The summed E-state index contributed by atoms with van der Waals surface area (Å²) in [5.74, 6) is -0.859. The first kappa shape index (κ1) is 16.5. The van der Waals surface area contributed by atoms with Gasteiger partial charge in [0.05, 0.1) is 10.6 Å². The third kappa shape index (κ3) is 4.56. The average molecular weight is 354 g/mol. The number of rotatable bonds is 6. The number of hydrogen-bond donors (Lipinski definition) is 1. The minimum absolute atomic E-state index is 0.108. The molecule has 4 nitrogen and oxygen atoms in total. The van der Waals surface area contributed by atoms with E-state index in [1.165, 1.54) is 12.8 Å². The van der Waals surface area contributed by atoms with Crippen molar-refractivity contribution < 1.29 is 17.6 Å². The number of hydrogen-bond acceptors (Lipinski definition) is 3. The molecule has 0 aliphatic heterocycles. The van der Waals surface area contributed by atoms with Crippen molar-refractivity contribution in [2.75, 3.05) is 6.54 Å². The fourth-order valence-corrected chi connectivity index (χ4v) is 3.13. The van der Waals surface area contributed by atoms with Crippen molar-refractivity contribution in [1.82, 2.24) is 5.32 Å². The predicted molar refractivity (Wildman–Crippen MR) is 78.7 cm³/mol. The Morgan fingerprint density at radius 2 is 2.05 bits per heavy atom. The highest BCUT2D eigenvalue weighted by atomic mass is 35.7. The van der Waals surface area contributed by atoms with Crippen LogP contribution >= 0.6 is 22.3 Å². The SMILES string of the molecule is O=C(NCCCC1CC1)c1cc(S(=O)(=O)Cl)c(F)cc1Cl. The van der Waals surface area contributed by atoms with E-state index in [9.17, 15) is 17.6 Å². The monoisotopic (exact) mass is 353 g/mol. The molecule has 0 bridgehead atoms. The summed E-state index contributed by atoms with van der Waals surface area (Å²) in [6, 6.07) is 1.63. The fraction of sp³-hybridized carbons (Fsp3) is 0.462. The van der Waals surface area contributed by atoms with Crippen molar-refractivity contribution >= 4 is 37.2 Å². The van der Waals surface area contributed by atoms with Crippen LogP contribution in [0.15, 0.2) is 17.0 Å². The quantitative estimate of drug-likeness (QED) is 0.630. The van der Waals surface area contributed by atoms with Gasteiger partial charge >= 0.3 is 0 Å². The summed E-state index contributed by atoms with van der Waals surface area (Å²) in [5.41, 5.74) is -0.108. The number of nitrogens with one attached hydrogen (secondary N) is 1. The van der Waals surface area contributed by atoms with Crippen LogP contribution in [0.1, 0.15) is 36.0 Å². The van der Waals surface area contributed by atoms with E-state index in [1.807, 2.05) is 0 Å². The van der Waals surface area contributed by atoms with Gasteiger partial charge in [0.25, 0.3) is 15.0 Å². The molecule has 2 rings (SSSR count). The summed E-state index contributed by atoms with van der Waals surface area (Å²) < 4.78 is 36.0. The van der Waals surface area contributed by atoms with Gasteiger partial charge in [0.2, 0.25) is 0 Å². The zero-order chi connectivity index (χ0) is 15.6. The Morgan fingerprint density at radius 1 is 1.38 bits per heavy atom. The summed E-state index contributed by atoms with van der Waals surface area (Å²) in [6.45, 7) is 0.464. The molecule has 8 heteroatoms. The van der Waals surface area contributed by atoms with E-state index in [0.29, 0.717) is 6.54 Å². The second kappa shape index (κ2) is 6.50. The third-order valence-corrected chi connectivity index (χ3v) is 4.95. The zero-order valence-electron chi connectivity index (χ0n) is 11.0. The van der Waals surface area contributed by atoms with Crippen LogP contribution in [0.3, 0.4) is 0 Å². The van der Waals surface area contributed by atoms with E-state index in [2.05, 4.69) is 5.32 Å². The van der Waals surface area contributed by atoms with E-state index in [4.69, 9.17) is 22.3 Å². The molecule has 0 atom stereocenters. The molecular formula is C13H14Cl2FNO3S. The number of benzene rings is 1. The standard InChI is InChI=1S/C13H14Cl2FNO3S/c14-10-7-11(16)12(21(15,19)20)6-9(10)13(18)17-5-1-2-8-3-4-8/h6-8H,1-5H2,(H,17,18). The number of amides is 1. The van der Waals surface area contributed by atoms with E-state index < -0.39 is 25.7 Å². The first-order valence-electron chi connectivity index (χ1n) is 6.51. The lowest BCUT2D eigenvalue weighted by molar-refractivity contribution is 0.0952. The maximum absolute atomic E-state index is 13.5. The van der Waals surface area contributed by atoms with Crippen molar-refractivity contribution in [3.8, 4) is 0 Å². The molecule has 1 amide bonds. The molecule has 1 N–H and O–H groups in total. The molecule has 1 aromatic carbocycles. The molecule has 1 aliphatic rings. The Bertz CT molecular complexity index is 660. The topological polar surface area (TPSA) is 63.2 Å². The Hall–Kier alpha value is -0.850. The first-order chi connectivity index (χ1) is 9.79. The molecule has 0 radical (unpaired) electrons. The van der Waals surface area contributed by atoms with Gasteiger partial charge in [0.1, 0.15) is 10.7 Å². The third-order valence-electron chi connectivity index (χ3n) is 3.30. The molecule has 1 aliphatic carbocycles. The van der Waals surface area contributed by atoms with Gasteiger partial charge < -0.3 is 5.32 Å². The average Bonchev–Trinajstić information content (AvgIpc) is 3.16. The van der Waals surface area contributed by atoms with Crippen molar-refractivity contribution in [1.29, 1.82) is 0 Å². The van der Waals surface area contributed by atoms with E-state index in [0.717, 1.165) is 30.9 Å². The maximum atomic E-state index is 13.5. The molecule has 1 fully saturated rings. The van der Waals surface area contributed by atoms with Gasteiger partial charge in [-0.05, 0) is 30.9 Å². The van der Waals surface area contributed by atoms with Crippen LogP contribution in [-0.2, 0) is 9.05 Å². The van der Waals surface area contributed by atoms with E-state index in [-0.39, 0.29) is 10.6 Å². The Balaban J connectivity index is 2.08. The van der Waals surface area contributed by atoms with Gasteiger partial charge in [0.15, 0.2) is 0 Å². The van der Waals surface area contributed by atoms with E-state index in [1.54, 1.807) is 0 Å². The van der Waals surface area contributed by atoms with Crippen LogP contribution in [-0.4, -0.2) is 20.9 Å². The second-order valence-electron chi connectivity index (χ2n) is 5.04. The zero-order valence-corrected chi connectivity index (χ0v) is 13.4. The lowest BCUT2D eigenvalue weighted by Gasteiger charge is -2.08. The number of carbonyl (C=O) groups is 1. The molecule has 116 valence electrons. The van der Waals surface area contributed by atoms with Crippen LogP contribution in [0.4, 0.5) is 4.39 Å². The first-order valence-corrected chi connectivity index (χ1v) is 9.19. The van der Waals surface area contributed by atoms with Gasteiger partial charge in [-0.3, -0.25) is 4.79 Å². The molecule has 21 heavy (non-hydrogen) atoms. The molecule has 0 aromatic heterocycles. The van der Waals surface area contributed by atoms with Crippen molar-refractivity contribution in [2.45, 2.75) is 30.6 Å². The highest BCUT2D eigenvalue weighted by Gasteiger charge is 2.22. The van der Waals surface area contributed by atoms with Crippen molar-refractivity contribution in [2.24, 2.45) is 5.92 Å². The summed E-state index contributed by atoms with van der Waals surface area (Å²) in [6.07, 6.45) is 4.39. The highest BCUT2D eigenvalue weighted by Crippen LogP contribution is 2.33. The Labute approximate surface area is 132 Å². The predicted octanol–water partition coefficient (Wildman–Crippen LogP) is 3.33. The number of halogens is 3. The summed E-state index contributed by atoms with van der Waals surface area (Å²) in [4.78, 5) is 11.2. The minimum atomic E-state index is -4.28. The number of carbonyl (C=O) groups excluding carboxylic acids is 1. The Morgan fingerprint density at radius 3 is 2.62 bits per heavy atom. The van der Waals surface area contributed by atoms with Gasteiger partial charge in [-0.2, -0.15) is 0 Å². The minimum Gasteiger partial charge on any atom is -0.352 e. The summed E-state index contributed by atoms with van der Waals surface area (Å²) in [7, 11) is 0.843. The molecule has 1 aromatic rings. The van der Waals surface area contributed by atoms with Gasteiger partial charge in [-0.25, -0.2) is 12.8 Å². The van der Waals surface area contributed by atoms with Crippen LogP contribution in [0.2, 0.25) is 5.02 Å². The lowest BCUT2D eigenvalue weighted by Crippen LogP contribution is -2.25. The van der Waals surface area contributed by atoms with Crippen molar-refractivity contribution in [3.05, 3.63) is 28.5 Å². The summed E-state index contributed by atoms with van der Waals surface area (Å²) in [5, 5.41) is 2.48. The molecule has 1 saturated carbocycles. The smallest absolute Gasteiger partial charge is 0.264 e. The van der Waals surface area contributed by atoms with Crippen LogP contribution in [0.5, 0.6) is 0 Å². The fourth-order valence-electron chi connectivity index (χ4n) is 1.98. The van der Waals surface area contributed by atoms with Gasteiger partial charge in [-0.15, -0.1) is 0 Å². The van der Waals surface area contributed by atoms with Crippen LogP contribution < -0.4 is 5.32 Å². The molecular weight excluding hydrogens is 340 g/mol. The molecule has 0 unspecified atom stereocenters. The molecule has 0 heterocycles. The van der Waals surface area contributed by atoms with Gasteiger partial charge in [0, 0.05) is 17.2 Å². The molecule has 0 saturated heterocycles. The normalized spacial score (nSPS) is 15.0. The Kier molecular flexibility index (Phi) is 5.11. The van der Waals surface area contributed by atoms with Crippen LogP contribution in [0, 0.1) is 11.7 Å².